The summed E-state index contributed by atoms with van der Waals surface area (Å²) in [5.41, 5.74) is 3.66. The van der Waals surface area contributed by atoms with Crippen molar-refractivity contribution in [2.45, 2.75) is 0 Å². The highest BCUT2D eigenvalue weighted by Gasteiger charge is 2.09. The van der Waals surface area contributed by atoms with Gasteiger partial charge in [-0.05, 0) is 35.9 Å². The molecule has 0 radical (unpaired) electrons. The summed E-state index contributed by atoms with van der Waals surface area (Å²) in [7, 11) is 0. The molecule has 0 aliphatic heterocycles. The highest BCUT2D eigenvalue weighted by atomic mass is 32.1. The second-order valence-electron chi connectivity index (χ2n) is 6.51. The number of non-ortho nitro benzene ring substituents is 1. The first kappa shape index (κ1) is 20.1. The number of carbonyl (C=O) groups is 1. The predicted molar refractivity (Wildman–Crippen MR) is 122 cm³/mol. The number of hydrogen-bond acceptors (Lipinski definition) is 6. The Bertz CT molecular complexity index is 1270. The number of nitro groups is 1. The molecule has 2 aromatic heterocycles. The molecule has 0 atom stereocenters. The van der Waals surface area contributed by atoms with Crippen LogP contribution in [0.3, 0.4) is 0 Å². The maximum absolute atomic E-state index is 12.3. The Kier molecular flexibility index (Phi) is 5.91. The minimum atomic E-state index is -0.472. The molecule has 0 aliphatic rings. The summed E-state index contributed by atoms with van der Waals surface area (Å²) in [5.74, 6) is -0.337. The molecule has 1 N–H and O–H groups in total. The van der Waals surface area contributed by atoms with Crippen LogP contribution in [0.15, 0.2) is 84.4 Å². The van der Waals surface area contributed by atoms with Crippen LogP contribution in [0, 0.1) is 10.1 Å². The second-order valence-corrected chi connectivity index (χ2v) is 7.37. The number of carbonyl (C=O) groups excluding carboxylic acids is 1. The molecule has 0 fully saturated rings. The number of nitrogens with zero attached hydrogens (tertiary/aromatic N) is 3. The number of anilines is 1. The van der Waals surface area contributed by atoms with E-state index in [0.29, 0.717) is 11.3 Å². The minimum absolute atomic E-state index is 0.0244. The van der Waals surface area contributed by atoms with Crippen molar-refractivity contribution in [2.24, 2.45) is 0 Å². The number of nitro benzene ring substituents is 1. The normalized spacial score (nSPS) is 10.8. The van der Waals surface area contributed by atoms with Crippen molar-refractivity contribution in [1.82, 2.24) is 9.97 Å². The van der Waals surface area contributed by atoms with Crippen LogP contribution < -0.4 is 5.32 Å². The van der Waals surface area contributed by atoms with Crippen molar-refractivity contribution in [3.8, 4) is 22.0 Å². The molecule has 0 saturated carbocycles. The number of pyridine rings is 1. The zero-order chi connectivity index (χ0) is 21.6. The molecular weight excluding hydrogens is 412 g/mol. The maximum Gasteiger partial charge on any atom is 0.270 e. The van der Waals surface area contributed by atoms with Crippen molar-refractivity contribution >= 4 is 34.7 Å². The third-order valence-corrected chi connectivity index (χ3v) is 5.19. The number of benzene rings is 2. The molecule has 0 spiro atoms. The Morgan fingerprint density at radius 1 is 1.03 bits per heavy atom. The monoisotopic (exact) mass is 428 g/mol. The number of hydrogen-bond donors (Lipinski definition) is 1. The largest absolute Gasteiger partial charge is 0.322 e. The van der Waals surface area contributed by atoms with Gasteiger partial charge in [-0.2, -0.15) is 0 Å². The lowest BCUT2D eigenvalue weighted by atomic mass is 10.1. The van der Waals surface area contributed by atoms with E-state index in [9.17, 15) is 14.9 Å². The van der Waals surface area contributed by atoms with Gasteiger partial charge in [0.15, 0.2) is 0 Å². The number of amides is 1. The van der Waals surface area contributed by atoms with Gasteiger partial charge >= 0.3 is 0 Å². The average molecular weight is 428 g/mol. The summed E-state index contributed by atoms with van der Waals surface area (Å²) >= 11 is 1.51. The molecule has 2 heterocycles. The molecule has 0 bridgehead atoms. The van der Waals surface area contributed by atoms with Crippen LogP contribution in [-0.4, -0.2) is 20.8 Å². The van der Waals surface area contributed by atoms with E-state index in [-0.39, 0.29) is 11.6 Å². The van der Waals surface area contributed by atoms with Gasteiger partial charge < -0.3 is 5.32 Å². The van der Waals surface area contributed by atoms with E-state index < -0.39 is 4.92 Å². The third-order valence-electron chi connectivity index (χ3n) is 4.32. The first-order valence-electron chi connectivity index (χ1n) is 9.29. The highest BCUT2D eigenvalue weighted by Crippen LogP contribution is 2.29. The topological polar surface area (TPSA) is 98.0 Å². The van der Waals surface area contributed by atoms with E-state index in [1.807, 2.05) is 41.8 Å². The zero-order valence-electron chi connectivity index (χ0n) is 16.1. The average Bonchev–Trinajstić information content (AvgIpc) is 3.29. The molecule has 4 aromatic rings. The lowest BCUT2D eigenvalue weighted by molar-refractivity contribution is -0.384. The van der Waals surface area contributed by atoms with E-state index >= 15 is 0 Å². The Balaban J connectivity index is 1.46. The number of rotatable bonds is 6. The summed E-state index contributed by atoms with van der Waals surface area (Å²) in [6.45, 7) is 0. The first-order valence-corrected chi connectivity index (χ1v) is 10.2. The second kappa shape index (κ2) is 9.10. The number of aromatic nitrogens is 2. The van der Waals surface area contributed by atoms with Gasteiger partial charge in [0.1, 0.15) is 5.01 Å². The SMILES string of the molecule is O=C(/C=C/c1cccc([N+](=O)[O-])c1)Nc1cccc(-c2csc(-c3ccccn3)n2)c1. The van der Waals surface area contributed by atoms with Crippen molar-refractivity contribution < 1.29 is 9.72 Å². The van der Waals surface area contributed by atoms with Crippen molar-refractivity contribution in [1.29, 1.82) is 0 Å². The van der Waals surface area contributed by atoms with Crippen molar-refractivity contribution in [3.05, 3.63) is 100 Å². The molecule has 152 valence electrons. The third kappa shape index (κ3) is 5.06. The van der Waals surface area contributed by atoms with Gasteiger partial charge in [0, 0.05) is 41.0 Å². The van der Waals surface area contributed by atoms with Gasteiger partial charge in [0.05, 0.1) is 16.3 Å². The highest BCUT2D eigenvalue weighted by molar-refractivity contribution is 7.13. The lowest BCUT2D eigenvalue weighted by Crippen LogP contribution is -2.07. The Morgan fingerprint density at radius 3 is 2.71 bits per heavy atom. The molecule has 31 heavy (non-hydrogen) atoms. The molecule has 0 saturated heterocycles. The predicted octanol–water partition coefficient (Wildman–Crippen LogP) is 5.43. The molecule has 4 rings (SSSR count). The van der Waals surface area contributed by atoms with Gasteiger partial charge in [-0.1, -0.05) is 30.3 Å². The van der Waals surface area contributed by atoms with Crippen molar-refractivity contribution in [2.75, 3.05) is 5.32 Å². The summed E-state index contributed by atoms with van der Waals surface area (Å²) in [5, 5.41) is 16.4. The van der Waals surface area contributed by atoms with Gasteiger partial charge in [0.25, 0.3) is 5.69 Å². The summed E-state index contributed by atoms with van der Waals surface area (Å²) in [4.78, 5) is 31.6. The summed E-state index contributed by atoms with van der Waals surface area (Å²) in [6, 6.07) is 19.2. The molecule has 0 unspecified atom stereocenters. The number of thiazole rings is 1. The molecule has 1 amide bonds. The Labute approximate surface area is 181 Å². The van der Waals surface area contributed by atoms with Crippen LogP contribution in [0.5, 0.6) is 0 Å². The van der Waals surface area contributed by atoms with E-state index in [1.165, 1.54) is 35.6 Å². The van der Waals surface area contributed by atoms with Gasteiger partial charge in [-0.3, -0.25) is 19.9 Å². The lowest BCUT2D eigenvalue weighted by Gasteiger charge is -2.04. The van der Waals surface area contributed by atoms with Crippen LogP contribution in [0.4, 0.5) is 11.4 Å². The Hall–Kier alpha value is -4.17. The maximum atomic E-state index is 12.3. The smallest absolute Gasteiger partial charge is 0.270 e. The molecule has 8 heteroatoms. The van der Waals surface area contributed by atoms with E-state index in [0.717, 1.165) is 22.0 Å². The fourth-order valence-electron chi connectivity index (χ4n) is 2.87. The van der Waals surface area contributed by atoms with Crippen LogP contribution in [0.25, 0.3) is 28.0 Å². The van der Waals surface area contributed by atoms with Gasteiger partial charge in [-0.15, -0.1) is 11.3 Å². The van der Waals surface area contributed by atoms with Gasteiger partial charge in [0.2, 0.25) is 5.91 Å². The van der Waals surface area contributed by atoms with Crippen LogP contribution in [0.2, 0.25) is 0 Å². The van der Waals surface area contributed by atoms with Gasteiger partial charge in [-0.25, -0.2) is 4.98 Å². The van der Waals surface area contributed by atoms with E-state index in [4.69, 9.17) is 0 Å². The molecule has 2 aromatic carbocycles. The van der Waals surface area contributed by atoms with Crippen LogP contribution in [0.1, 0.15) is 5.56 Å². The zero-order valence-corrected chi connectivity index (χ0v) is 17.0. The van der Waals surface area contributed by atoms with Crippen LogP contribution in [-0.2, 0) is 4.79 Å². The Morgan fingerprint density at radius 2 is 1.90 bits per heavy atom. The van der Waals surface area contributed by atoms with E-state index in [2.05, 4.69) is 15.3 Å². The fraction of sp³-hybridized carbons (Fsp3) is 0. The molecular formula is C23H16N4O3S. The summed E-state index contributed by atoms with van der Waals surface area (Å²) in [6.07, 6.45) is 4.60. The standard InChI is InChI=1S/C23H16N4O3S/c28-22(11-10-16-5-3-8-19(13-16)27(29)30)25-18-7-4-6-17(14-18)21-15-31-23(26-21)20-9-1-2-12-24-20/h1-15H,(H,25,28)/b11-10+. The molecule has 7 nitrogen and oxygen atoms in total. The quantitative estimate of drug-likeness (QED) is 0.251. The van der Waals surface area contributed by atoms with Crippen LogP contribution >= 0.6 is 11.3 Å². The summed E-state index contributed by atoms with van der Waals surface area (Å²) < 4.78 is 0. The first-order chi connectivity index (χ1) is 15.1. The minimum Gasteiger partial charge on any atom is -0.322 e. The van der Waals surface area contributed by atoms with Crippen molar-refractivity contribution in [3.63, 3.8) is 0 Å². The number of nitrogens with one attached hydrogen (secondary N) is 1. The van der Waals surface area contributed by atoms with E-state index in [1.54, 1.807) is 24.4 Å². The fourth-order valence-corrected chi connectivity index (χ4v) is 3.67. The molecule has 0 aliphatic carbocycles.